The van der Waals surface area contributed by atoms with E-state index in [-0.39, 0.29) is 5.91 Å². The molecule has 1 aliphatic rings. The van der Waals surface area contributed by atoms with Crippen molar-refractivity contribution in [1.82, 2.24) is 15.3 Å². The lowest BCUT2D eigenvalue weighted by Crippen LogP contribution is -2.19. The maximum atomic E-state index is 11.5. The van der Waals surface area contributed by atoms with Gasteiger partial charge in [0.05, 0.1) is 11.4 Å². The van der Waals surface area contributed by atoms with E-state index in [9.17, 15) is 4.79 Å². The number of fused-ring (bicyclic) bond motifs is 1. The van der Waals surface area contributed by atoms with Crippen LogP contribution in [0.1, 0.15) is 21.7 Å². The van der Waals surface area contributed by atoms with Crippen LogP contribution >= 0.6 is 0 Å². The summed E-state index contributed by atoms with van der Waals surface area (Å²) in [5.41, 5.74) is 6.22. The summed E-state index contributed by atoms with van der Waals surface area (Å²) in [7, 11) is 1.60. The van der Waals surface area contributed by atoms with E-state index in [4.69, 9.17) is 0 Å². The number of hydrogen-bond donors (Lipinski definition) is 3. The molecule has 0 aromatic carbocycles. The zero-order valence-corrected chi connectivity index (χ0v) is 10.4. The molecule has 0 saturated carbocycles. The van der Waals surface area contributed by atoms with Gasteiger partial charge in [-0.2, -0.15) is 5.10 Å². The molecular formula is C13H13N5O. The van der Waals surface area contributed by atoms with Crippen LogP contribution in [0.25, 0.3) is 0 Å². The Morgan fingerprint density at radius 2 is 2.26 bits per heavy atom. The van der Waals surface area contributed by atoms with Crippen LogP contribution in [-0.4, -0.2) is 28.6 Å². The highest BCUT2D eigenvalue weighted by Crippen LogP contribution is 2.19. The molecule has 0 saturated heterocycles. The van der Waals surface area contributed by atoms with Gasteiger partial charge in [-0.15, -0.1) is 0 Å². The van der Waals surface area contributed by atoms with Gasteiger partial charge in [-0.05, 0) is 18.2 Å². The molecule has 0 aliphatic carbocycles. The number of hydrogen-bond acceptors (Lipinski definition) is 4. The van der Waals surface area contributed by atoms with Gasteiger partial charge in [0.25, 0.3) is 5.91 Å². The van der Waals surface area contributed by atoms with Crippen molar-refractivity contribution >= 4 is 17.4 Å². The molecule has 2 aromatic rings. The zero-order valence-electron chi connectivity index (χ0n) is 10.4. The van der Waals surface area contributed by atoms with Gasteiger partial charge in [0.2, 0.25) is 0 Å². The van der Waals surface area contributed by atoms with Crippen LogP contribution in [0.4, 0.5) is 5.82 Å². The maximum absolute atomic E-state index is 11.5. The summed E-state index contributed by atoms with van der Waals surface area (Å²) in [5, 5.41) is 6.86. The minimum atomic E-state index is -0.141. The van der Waals surface area contributed by atoms with Gasteiger partial charge in [0.15, 0.2) is 0 Å². The van der Waals surface area contributed by atoms with Crippen molar-refractivity contribution in [3.8, 4) is 0 Å². The lowest BCUT2D eigenvalue weighted by atomic mass is 10.1. The van der Waals surface area contributed by atoms with Crippen LogP contribution < -0.4 is 10.7 Å². The molecule has 0 spiro atoms. The molecule has 1 amide bonds. The molecule has 3 heterocycles. The minimum absolute atomic E-state index is 0.141. The first-order valence-electron chi connectivity index (χ1n) is 5.96. The second kappa shape index (κ2) is 4.56. The highest BCUT2D eigenvalue weighted by Gasteiger charge is 2.16. The van der Waals surface area contributed by atoms with Gasteiger partial charge in [-0.25, -0.2) is 4.98 Å². The number of pyridine rings is 1. The van der Waals surface area contributed by atoms with Gasteiger partial charge in [-0.1, -0.05) is 6.07 Å². The Kier molecular flexibility index (Phi) is 2.75. The SMILES string of the molecule is CNC(=O)c1ccc(C2=NNc3ncccc3C2)[nH]1. The van der Waals surface area contributed by atoms with Crippen LogP contribution in [0.5, 0.6) is 0 Å². The molecule has 0 radical (unpaired) electrons. The summed E-state index contributed by atoms with van der Waals surface area (Å²) in [6.07, 6.45) is 2.41. The average Bonchev–Trinajstić information content (AvgIpc) is 2.95. The second-order valence-electron chi connectivity index (χ2n) is 4.22. The summed E-state index contributed by atoms with van der Waals surface area (Å²) in [4.78, 5) is 18.8. The van der Waals surface area contributed by atoms with Crippen LogP contribution in [0, 0.1) is 0 Å². The topological polar surface area (TPSA) is 82.2 Å². The Hall–Kier alpha value is -2.63. The van der Waals surface area contributed by atoms with Crippen molar-refractivity contribution in [2.45, 2.75) is 6.42 Å². The fraction of sp³-hybridized carbons (Fsp3) is 0.154. The Morgan fingerprint density at radius 1 is 1.37 bits per heavy atom. The van der Waals surface area contributed by atoms with E-state index < -0.39 is 0 Å². The monoisotopic (exact) mass is 255 g/mol. The number of aromatic nitrogens is 2. The number of aromatic amines is 1. The molecule has 0 fully saturated rings. The fourth-order valence-corrected chi connectivity index (χ4v) is 2.01. The van der Waals surface area contributed by atoms with Crippen LogP contribution in [0.2, 0.25) is 0 Å². The first-order valence-corrected chi connectivity index (χ1v) is 5.96. The molecule has 96 valence electrons. The molecule has 19 heavy (non-hydrogen) atoms. The van der Waals surface area contributed by atoms with Gasteiger partial charge in [0, 0.05) is 25.2 Å². The summed E-state index contributed by atoms with van der Waals surface area (Å²) in [6, 6.07) is 7.50. The van der Waals surface area contributed by atoms with E-state index in [1.165, 1.54) is 0 Å². The Bertz CT molecular complexity index is 659. The highest BCUT2D eigenvalue weighted by molar-refractivity contribution is 6.04. The number of anilines is 1. The quantitative estimate of drug-likeness (QED) is 0.752. The smallest absolute Gasteiger partial charge is 0.267 e. The summed E-state index contributed by atoms with van der Waals surface area (Å²) in [5.74, 6) is 0.641. The zero-order chi connectivity index (χ0) is 13.2. The molecule has 0 unspecified atom stereocenters. The van der Waals surface area contributed by atoms with Crippen molar-refractivity contribution < 1.29 is 4.79 Å². The number of carbonyl (C=O) groups excluding carboxylic acids is 1. The Balaban J connectivity index is 1.87. The van der Waals surface area contributed by atoms with Crippen LogP contribution in [-0.2, 0) is 6.42 Å². The van der Waals surface area contributed by atoms with E-state index in [1.54, 1.807) is 19.3 Å². The number of nitrogens with one attached hydrogen (secondary N) is 3. The lowest BCUT2D eigenvalue weighted by molar-refractivity contribution is 0.0959. The lowest BCUT2D eigenvalue weighted by Gasteiger charge is -2.14. The van der Waals surface area contributed by atoms with Crippen LogP contribution in [0.15, 0.2) is 35.6 Å². The number of rotatable bonds is 2. The van der Waals surface area contributed by atoms with Crippen molar-refractivity contribution in [3.05, 3.63) is 47.4 Å². The summed E-state index contributed by atoms with van der Waals surface area (Å²) in [6.45, 7) is 0. The average molecular weight is 255 g/mol. The predicted molar refractivity (Wildman–Crippen MR) is 72.3 cm³/mol. The third-order valence-electron chi connectivity index (χ3n) is 3.01. The number of H-pyrrole nitrogens is 1. The largest absolute Gasteiger partial charge is 0.354 e. The van der Waals surface area contributed by atoms with Gasteiger partial charge < -0.3 is 10.3 Å². The molecular weight excluding hydrogens is 242 g/mol. The van der Waals surface area contributed by atoms with E-state index in [2.05, 4.69) is 25.8 Å². The molecule has 0 atom stereocenters. The number of nitrogens with zero attached hydrogens (tertiary/aromatic N) is 2. The van der Waals surface area contributed by atoms with E-state index in [0.29, 0.717) is 12.1 Å². The fourth-order valence-electron chi connectivity index (χ4n) is 2.01. The number of carbonyl (C=O) groups is 1. The highest BCUT2D eigenvalue weighted by atomic mass is 16.1. The Morgan fingerprint density at radius 3 is 3.11 bits per heavy atom. The Labute approximate surface area is 109 Å². The molecule has 6 nitrogen and oxygen atoms in total. The third kappa shape index (κ3) is 2.08. The van der Waals surface area contributed by atoms with E-state index in [0.717, 1.165) is 22.8 Å². The van der Waals surface area contributed by atoms with E-state index >= 15 is 0 Å². The summed E-state index contributed by atoms with van der Waals surface area (Å²) >= 11 is 0. The normalized spacial score (nSPS) is 13.2. The van der Waals surface area contributed by atoms with E-state index in [1.807, 2.05) is 18.2 Å². The first-order chi connectivity index (χ1) is 9.28. The maximum Gasteiger partial charge on any atom is 0.267 e. The van der Waals surface area contributed by atoms with Gasteiger partial charge >= 0.3 is 0 Å². The predicted octanol–water partition coefficient (Wildman–Crippen LogP) is 1.14. The van der Waals surface area contributed by atoms with Crippen molar-refractivity contribution in [3.63, 3.8) is 0 Å². The molecule has 0 bridgehead atoms. The molecule has 6 heteroatoms. The van der Waals surface area contributed by atoms with Gasteiger partial charge in [0.1, 0.15) is 11.5 Å². The molecule has 2 aromatic heterocycles. The van der Waals surface area contributed by atoms with Crippen molar-refractivity contribution in [2.75, 3.05) is 12.5 Å². The molecule has 3 N–H and O–H groups in total. The third-order valence-corrected chi connectivity index (χ3v) is 3.01. The van der Waals surface area contributed by atoms with Crippen LogP contribution in [0.3, 0.4) is 0 Å². The van der Waals surface area contributed by atoms with Crippen molar-refractivity contribution in [2.24, 2.45) is 5.10 Å². The van der Waals surface area contributed by atoms with Gasteiger partial charge in [-0.3, -0.25) is 10.2 Å². The minimum Gasteiger partial charge on any atom is -0.354 e. The summed E-state index contributed by atoms with van der Waals surface area (Å²) < 4.78 is 0. The standard InChI is InChI=1S/C13H13N5O/c1-14-13(19)10-5-4-9(16-10)11-7-8-3-2-6-15-12(8)18-17-11/h2-6,16H,7H2,1H3,(H,14,19)(H,15,18). The molecule has 3 rings (SSSR count). The first kappa shape index (κ1) is 11.5. The molecule has 1 aliphatic heterocycles. The van der Waals surface area contributed by atoms with Crippen molar-refractivity contribution in [1.29, 1.82) is 0 Å². The second-order valence-corrected chi connectivity index (χ2v) is 4.22. The number of hydrazone groups is 1. The number of amides is 1.